The molecule has 0 radical (unpaired) electrons. The molecule has 5 heteroatoms. The van der Waals surface area contributed by atoms with Crippen molar-refractivity contribution in [3.05, 3.63) is 60.1 Å². The average Bonchev–Trinajstić information content (AvgIpc) is 3.17. The molecule has 1 aliphatic rings. The summed E-state index contributed by atoms with van der Waals surface area (Å²) in [5, 5.41) is 13.1. The van der Waals surface area contributed by atoms with E-state index < -0.39 is 11.5 Å². The lowest BCUT2D eigenvalue weighted by molar-refractivity contribution is -0.130. The van der Waals surface area contributed by atoms with Crippen LogP contribution in [0, 0.1) is 0 Å². The Morgan fingerprint density at radius 3 is 2.62 bits per heavy atom. The highest BCUT2D eigenvalue weighted by Gasteiger charge is 2.41. The van der Waals surface area contributed by atoms with Crippen LogP contribution in [0.2, 0.25) is 0 Å². The number of aliphatic hydroxyl groups excluding tert-OH is 1. The van der Waals surface area contributed by atoms with E-state index in [2.05, 4.69) is 5.32 Å². The van der Waals surface area contributed by atoms with Gasteiger partial charge in [-0.05, 0) is 30.9 Å². The normalized spacial score (nSPS) is 18.0. The summed E-state index contributed by atoms with van der Waals surface area (Å²) >= 11 is 0. The Balaban J connectivity index is 1.64. The number of aliphatic hydroxyl groups is 1. The maximum Gasteiger partial charge on any atom is 0.230 e. The second kappa shape index (κ2) is 7.64. The highest BCUT2D eigenvalue weighted by Crippen LogP contribution is 2.35. The fourth-order valence-electron chi connectivity index (χ4n) is 3.25. The van der Waals surface area contributed by atoms with Crippen LogP contribution in [0.25, 0.3) is 0 Å². The Bertz CT molecular complexity index is 633. The number of carbonyl (C=O) groups excluding carboxylic acids is 1. The Morgan fingerprint density at radius 1 is 1.21 bits per heavy atom. The van der Waals surface area contributed by atoms with Gasteiger partial charge in [0, 0.05) is 25.3 Å². The van der Waals surface area contributed by atoms with Gasteiger partial charge in [0.1, 0.15) is 0 Å². The molecule has 1 amide bonds. The van der Waals surface area contributed by atoms with Gasteiger partial charge in [-0.15, -0.1) is 0 Å². The highest BCUT2D eigenvalue weighted by atomic mass is 16.5. The quantitative estimate of drug-likeness (QED) is 0.854. The topological polar surface area (TPSA) is 71.7 Å². The van der Waals surface area contributed by atoms with Crippen molar-refractivity contribution in [3.8, 4) is 0 Å². The van der Waals surface area contributed by atoms with Crippen molar-refractivity contribution < 1.29 is 19.1 Å². The smallest absolute Gasteiger partial charge is 0.230 e. The largest absolute Gasteiger partial charge is 0.472 e. The monoisotopic (exact) mass is 329 g/mol. The van der Waals surface area contributed by atoms with E-state index in [1.807, 2.05) is 30.3 Å². The van der Waals surface area contributed by atoms with Crippen molar-refractivity contribution in [2.75, 3.05) is 19.8 Å². The van der Waals surface area contributed by atoms with Gasteiger partial charge in [-0.25, -0.2) is 0 Å². The molecule has 0 saturated carbocycles. The average molecular weight is 329 g/mol. The third kappa shape index (κ3) is 3.52. The van der Waals surface area contributed by atoms with Crippen LogP contribution < -0.4 is 5.32 Å². The van der Waals surface area contributed by atoms with E-state index in [4.69, 9.17) is 9.15 Å². The minimum Gasteiger partial charge on any atom is -0.472 e. The first-order chi connectivity index (χ1) is 11.7. The van der Waals surface area contributed by atoms with Crippen LogP contribution >= 0.6 is 0 Å². The highest BCUT2D eigenvalue weighted by molar-refractivity contribution is 5.88. The van der Waals surface area contributed by atoms with E-state index in [1.54, 1.807) is 6.07 Å². The first-order valence-electron chi connectivity index (χ1n) is 8.34. The van der Waals surface area contributed by atoms with Gasteiger partial charge >= 0.3 is 0 Å². The zero-order chi connectivity index (χ0) is 16.8. The third-order valence-electron chi connectivity index (χ3n) is 4.74. The SMILES string of the molecule is O=C(NCCC(O)c1ccoc1)C1(c2ccccc2)CCOCC1. The van der Waals surface area contributed by atoms with E-state index >= 15 is 0 Å². The molecule has 0 spiro atoms. The zero-order valence-corrected chi connectivity index (χ0v) is 13.6. The molecule has 3 rings (SSSR count). The van der Waals surface area contributed by atoms with Gasteiger partial charge in [-0.1, -0.05) is 30.3 Å². The predicted octanol–water partition coefficient (Wildman–Crippen LogP) is 2.57. The minimum absolute atomic E-state index is 0.0105. The van der Waals surface area contributed by atoms with Gasteiger partial charge in [0.25, 0.3) is 0 Å². The Hall–Kier alpha value is -2.11. The van der Waals surface area contributed by atoms with Crippen LogP contribution in [0.1, 0.15) is 36.5 Å². The summed E-state index contributed by atoms with van der Waals surface area (Å²) in [6.07, 6.45) is 4.22. The summed E-state index contributed by atoms with van der Waals surface area (Å²) < 4.78 is 10.4. The second-order valence-electron chi connectivity index (χ2n) is 6.18. The van der Waals surface area contributed by atoms with Crippen molar-refractivity contribution in [2.45, 2.75) is 30.8 Å². The lowest BCUT2D eigenvalue weighted by Gasteiger charge is -2.36. The van der Waals surface area contributed by atoms with Crippen LogP contribution in [0.5, 0.6) is 0 Å². The molecule has 0 bridgehead atoms. The van der Waals surface area contributed by atoms with Crippen LogP contribution in [0.4, 0.5) is 0 Å². The third-order valence-corrected chi connectivity index (χ3v) is 4.74. The van der Waals surface area contributed by atoms with E-state index in [0.29, 0.717) is 39.0 Å². The zero-order valence-electron chi connectivity index (χ0n) is 13.6. The van der Waals surface area contributed by atoms with Gasteiger partial charge in [0.05, 0.1) is 24.0 Å². The van der Waals surface area contributed by atoms with Gasteiger partial charge in [-0.2, -0.15) is 0 Å². The molecule has 2 N–H and O–H groups in total. The van der Waals surface area contributed by atoms with Gasteiger partial charge < -0.3 is 19.6 Å². The number of hydrogen-bond acceptors (Lipinski definition) is 4. The van der Waals surface area contributed by atoms with E-state index in [1.165, 1.54) is 12.5 Å². The molecule has 1 unspecified atom stereocenters. The number of carbonyl (C=O) groups is 1. The molecule has 1 fully saturated rings. The molecule has 2 heterocycles. The number of amides is 1. The van der Waals surface area contributed by atoms with Gasteiger partial charge in [0.15, 0.2) is 0 Å². The molecule has 0 aliphatic carbocycles. The lowest BCUT2D eigenvalue weighted by Crippen LogP contribution is -2.48. The minimum atomic E-state index is -0.633. The molecule has 1 atom stereocenters. The van der Waals surface area contributed by atoms with E-state index in [9.17, 15) is 9.90 Å². The fourth-order valence-corrected chi connectivity index (χ4v) is 3.25. The second-order valence-corrected chi connectivity index (χ2v) is 6.18. The Labute approximate surface area is 141 Å². The maximum atomic E-state index is 12.9. The Kier molecular flexibility index (Phi) is 5.33. The molecule has 5 nitrogen and oxygen atoms in total. The molecular formula is C19H23NO4. The molecule has 128 valence electrons. The predicted molar refractivity (Wildman–Crippen MR) is 89.5 cm³/mol. The van der Waals surface area contributed by atoms with Crippen molar-refractivity contribution in [1.29, 1.82) is 0 Å². The van der Waals surface area contributed by atoms with E-state index in [0.717, 1.165) is 11.1 Å². The maximum absolute atomic E-state index is 12.9. The standard InChI is InChI=1S/C19H23NO4/c21-17(15-7-11-24-14-15)6-10-20-18(22)19(8-12-23-13-9-19)16-4-2-1-3-5-16/h1-5,7,11,14,17,21H,6,8-10,12-13H2,(H,20,22). The van der Waals surface area contributed by atoms with Crippen LogP contribution in [0.15, 0.2) is 53.3 Å². The van der Waals surface area contributed by atoms with E-state index in [-0.39, 0.29) is 5.91 Å². The number of furan rings is 1. The number of rotatable bonds is 6. The van der Waals surface area contributed by atoms with Gasteiger partial charge in [0.2, 0.25) is 5.91 Å². The number of nitrogens with one attached hydrogen (secondary N) is 1. The number of ether oxygens (including phenoxy) is 1. The summed E-state index contributed by atoms with van der Waals surface area (Å²) in [5.41, 5.74) is 1.22. The Morgan fingerprint density at radius 2 is 1.96 bits per heavy atom. The molecule has 2 aromatic rings. The summed E-state index contributed by atoms with van der Waals surface area (Å²) in [6.45, 7) is 1.58. The molecule has 1 aromatic heterocycles. The first-order valence-corrected chi connectivity index (χ1v) is 8.34. The van der Waals surface area contributed by atoms with Crippen LogP contribution in [0.3, 0.4) is 0 Å². The molecule has 24 heavy (non-hydrogen) atoms. The van der Waals surface area contributed by atoms with Crippen molar-refractivity contribution in [1.82, 2.24) is 5.32 Å². The first kappa shape index (κ1) is 16.7. The lowest BCUT2D eigenvalue weighted by atomic mass is 9.73. The summed E-state index contributed by atoms with van der Waals surface area (Å²) in [7, 11) is 0. The summed E-state index contributed by atoms with van der Waals surface area (Å²) in [4.78, 5) is 12.9. The number of benzene rings is 1. The summed E-state index contributed by atoms with van der Waals surface area (Å²) in [6, 6.07) is 11.6. The summed E-state index contributed by atoms with van der Waals surface area (Å²) in [5.74, 6) is 0.0105. The van der Waals surface area contributed by atoms with Crippen molar-refractivity contribution >= 4 is 5.91 Å². The van der Waals surface area contributed by atoms with Crippen LogP contribution in [-0.2, 0) is 14.9 Å². The molecule has 1 saturated heterocycles. The number of hydrogen-bond donors (Lipinski definition) is 2. The molecule has 1 aliphatic heterocycles. The molecular weight excluding hydrogens is 306 g/mol. The van der Waals surface area contributed by atoms with Crippen molar-refractivity contribution in [2.24, 2.45) is 0 Å². The molecule has 1 aromatic carbocycles. The van der Waals surface area contributed by atoms with Gasteiger partial charge in [-0.3, -0.25) is 4.79 Å². The van der Waals surface area contributed by atoms with Crippen LogP contribution in [-0.4, -0.2) is 30.8 Å². The fraction of sp³-hybridized carbons (Fsp3) is 0.421. The van der Waals surface area contributed by atoms with Crippen molar-refractivity contribution in [3.63, 3.8) is 0 Å².